The van der Waals surface area contributed by atoms with E-state index >= 15 is 0 Å². The van der Waals surface area contributed by atoms with Gasteiger partial charge in [0.05, 0.1) is 6.10 Å². The Morgan fingerprint density at radius 1 is 1.67 bits per heavy atom. The minimum Gasteiger partial charge on any atom is -0.480 e. The number of hydrogen-bond donors (Lipinski definition) is 2. The van der Waals surface area contributed by atoms with Crippen molar-refractivity contribution < 1.29 is 14.6 Å². The topological polar surface area (TPSA) is 58.6 Å². The predicted octanol–water partition coefficient (Wildman–Crippen LogP) is 1.40. The SMILES string of the molecule is CCOC1CCC(NC(C)C)(C(=O)O)C1. The van der Waals surface area contributed by atoms with Gasteiger partial charge in [-0.05, 0) is 33.6 Å². The van der Waals surface area contributed by atoms with Crippen LogP contribution in [0.4, 0.5) is 0 Å². The molecule has 0 aromatic rings. The average Bonchev–Trinajstić information content (AvgIpc) is 2.49. The number of hydrogen-bond acceptors (Lipinski definition) is 3. The Morgan fingerprint density at radius 3 is 2.80 bits per heavy atom. The molecule has 0 spiro atoms. The molecule has 1 aliphatic rings. The number of ether oxygens (including phenoxy) is 1. The molecule has 4 heteroatoms. The molecule has 1 rings (SSSR count). The zero-order valence-corrected chi connectivity index (χ0v) is 9.75. The lowest BCUT2D eigenvalue weighted by Crippen LogP contribution is -2.53. The van der Waals surface area contributed by atoms with Gasteiger partial charge in [0, 0.05) is 19.1 Å². The van der Waals surface area contributed by atoms with Gasteiger partial charge in [-0.25, -0.2) is 0 Å². The van der Waals surface area contributed by atoms with Gasteiger partial charge in [-0.3, -0.25) is 10.1 Å². The highest BCUT2D eigenvalue weighted by molar-refractivity contribution is 5.79. The zero-order chi connectivity index (χ0) is 11.5. The molecule has 0 bridgehead atoms. The summed E-state index contributed by atoms with van der Waals surface area (Å²) in [6.45, 7) is 6.54. The van der Waals surface area contributed by atoms with Crippen LogP contribution >= 0.6 is 0 Å². The molecule has 0 heterocycles. The van der Waals surface area contributed by atoms with Crippen LogP contribution in [0.15, 0.2) is 0 Å². The Bertz CT molecular complexity index is 230. The highest BCUT2D eigenvalue weighted by Crippen LogP contribution is 2.32. The first kappa shape index (κ1) is 12.5. The van der Waals surface area contributed by atoms with Crippen LogP contribution in [-0.2, 0) is 9.53 Å². The van der Waals surface area contributed by atoms with Crippen LogP contribution in [0.25, 0.3) is 0 Å². The van der Waals surface area contributed by atoms with Gasteiger partial charge in [-0.1, -0.05) is 0 Å². The first-order chi connectivity index (χ1) is 7.00. The molecule has 0 amide bonds. The second-order valence-corrected chi connectivity index (χ2v) is 4.51. The summed E-state index contributed by atoms with van der Waals surface area (Å²) in [6, 6.07) is 0.182. The standard InChI is InChI=1S/C11H21NO3/c1-4-15-9-5-6-11(7-9,10(13)14)12-8(2)3/h8-9,12H,4-7H2,1-3H3,(H,13,14). The number of carbonyl (C=O) groups is 1. The van der Waals surface area contributed by atoms with Gasteiger partial charge in [-0.2, -0.15) is 0 Å². The molecule has 88 valence electrons. The van der Waals surface area contributed by atoms with Crippen molar-refractivity contribution in [1.29, 1.82) is 0 Å². The maximum atomic E-state index is 11.3. The van der Waals surface area contributed by atoms with E-state index in [2.05, 4.69) is 5.32 Å². The van der Waals surface area contributed by atoms with Crippen LogP contribution in [0.2, 0.25) is 0 Å². The summed E-state index contributed by atoms with van der Waals surface area (Å²) < 4.78 is 5.49. The number of rotatable bonds is 5. The number of aliphatic carboxylic acids is 1. The molecule has 2 atom stereocenters. The van der Waals surface area contributed by atoms with Crippen molar-refractivity contribution in [2.75, 3.05) is 6.61 Å². The summed E-state index contributed by atoms with van der Waals surface area (Å²) in [7, 11) is 0. The van der Waals surface area contributed by atoms with Gasteiger partial charge in [0.2, 0.25) is 0 Å². The highest BCUT2D eigenvalue weighted by Gasteiger charge is 2.46. The molecule has 2 unspecified atom stereocenters. The lowest BCUT2D eigenvalue weighted by molar-refractivity contribution is -0.145. The quantitative estimate of drug-likeness (QED) is 0.727. The minimum atomic E-state index is -0.770. The second-order valence-electron chi connectivity index (χ2n) is 4.51. The fourth-order valence-corrected chi connectivity index (χ4v) is 2.32. The number of nitrogens with one attached hydrogen (secondary N) is 1. The third kappa shape index (κ3) is 2.92. The molecular weight excluding hydrogens is 194 g/mol. The Morgan fingerprint density at radius 2 is 2.33 bits per heavy atom. The monoisotopic (exact) mass is 215 g/mol. The lowest BCUT2D eigenvalue weighted by Gasteiger charge is -2.28. The summed E-state index contributed by atoms with van der Waals surface area (Å²) in [5, 5.41) is 12.4. The first-order valence-corrected chi connectivity index (χ1v) is 5.63. The van der Waals surface area contributed by atoms with Crippen molar-refractivity contribution >= 4 is 5.97 Å². The normalized spacial score (nSPS) is 31.1. The molecule has 1 aliphatic carbocycles. The molecule has 4 nitrogen and oxygen atoms in total. The van der Waals surface area contributed by atoms with E-state index in [-0.39, 0.29) is 12.1 Å². The summed E-state index contributed by atoms with van der Waals surface area (Å²) in [5.41, 5.74) is -0.770. The number of carboxylic acid groups (broad SMARTS) is 1. The minimum absolute atomic E-state index is 0.0948. The molecule has 1 saturated carbocycles. The van der Waals surface area contributed by atoms with E-state index < -0.39 is 11.5 Å². The zero-order valence-electron chi connectivity index (χ0n) is 9.75. The summed E-state index contributed by atoms with van der Waals surface area (Å²) in [4.78, 5) is 11.3. The first-order valence-electron chi connectivity index (χ1n) is 5.63. The molecule has 15 heavy (non-hydrogen) atoms. The van der Waals surface area contributed by atoms with Crippen LogP contribution in [0.1, 0.15) is 40.0 Å². The van der Waals surface area contributed by atoms with Gasteiger partial charge in [0.25, 0.3) is 0 Å². The van der Waals surface area contributed by atoms with Crippen molar-refractivity contribution in [3.05, 3.63) is 0 Å². The van der Waals surface area contributed by atoms with E-state index in [9.17, 15) is 9.90 Å². The molecule has 0 radical (unpaired) electrons. The van der Waals surface area contributed by atoms with E-state index in [1.54, 1.807) is 0 Å². The smallest absolute Gasteiger partial charge is 0.324 e. The molecule has 0 saturated heterocycles. The average molecular weight is 215 g/mol. The molecule has 0 aromatic carbocycles. The van der Waals surface area contributed by atoms with Crippen molar-refractivity contribution in [1.82, 2.24) is 5.32 Å². The molecular formula is C11H21NO3. The van der Waals surface area contributed by atoms with E-state index in [0.29, 0.717) is 19.4 Å². The summed E-state index contributed by atoms with van der Waals surface area (Å²) in [6.07, 6.45) is 2.16. The maximum absolute atomic E-state index is 11.3. The van der Waals surface area contributed by atoms with E-state index in [4.69, 9.17) is 4.74 Å². The molecule has 1 fully saturated rings. The largest absolute Gasteiger partial charge is 0.480 e. The third-order valence-electron chi connectivity index (χ3n) is 2.85. The molecule has 0 aromatic heterocycles. The van der Waals surface area contributed by atoms with Gasteiger partial charge >= 0.3 is 5.97 Å². The van der Waals surface area contributed by atoms with Gasteiger partial charge in [0.1, 0.15) is 5.54 Å². The fourth-order valence-electron chi connectivity index (χ4n) is 2.32. The second kappa shape index (κ2) is 4.94. The summed E-state index contributed by atoms with van der Waals surface area (Å²) in [5.74, 6) is -0.751. The predicted molar refractivity (Wildman–Crippen MR) is 57.9 cm³/mol. The molecule has 0 aliphatic heterocycles. The fraction of sp³-hybridized carbons (Fsp3) is 0.909. The number of carboxylic acids is 1. The van der Waals surface area contributed by atoms with Crippen LogP contribution in [0, 0.1) is 0 Å². The van der Waals surface area contributed by atoms with E-state index in [0.717, 1.165) is 6.42 Å². The maximum Gasteiger partial charge on any atom is 0.324 e. The Kier molecular flexibility index (Phi) is 4.11. The Hall–Kier alpha value is -0.610. The van der Waals surface area contributed by atoms with Crippen LogP contribution in [-0.4, -0.2) is 35.4 Å². The Balaban J connectivity index is 2.65. The lowest BCUT2D eigenvalue weighted by atomic mass is 9.96. The van der Waals surface area contributed by atoms with Gasteiger partial charge in [-0.15, -0.1) is 0 Å². The van der Waals surface area contributed by atoms with Gasteiger partial charge in [0.15, 0.2) is 0 Å². The van der Waals surface area contributed by atoms with Crippen LogP contribution < -0.4 is 5.32 Å². The van der Waals surface area contributed by atoms with E-state index in [1.165, 1.54) is 0 Å². The Labute approximate surface area is 91.0 Å². The van der Waals surface area contributed by atoms with E-state index in [1.807, 2.05) is 20.8 Å². The van der Waals surface area contributed by atoms with Crippen molar-refractivity contribution in [2.45, 2.75) is 57.7 Å². The van der Waals surface area contributed by atoms with Crippen molar-refractivity contribution in [3.8, 4) is 0 Å². The van der Waals surface area contributed by atoms with Crippen molar-refractivity contribution in [3.63, 3.8) is 0 Å². The molecule has 2 N–H and O–H groups in total. The van der Waals surface area contributed by atoms with Crippen molar-refractivity contribution in [2.24, 2.45) is 0 Å². The highest BCUT2D eigenvalue weighted by atomic mass is 16.5. The van der Waals surface area contributed by atoms with Crippen LogP contribution in [0.3, 0.4) is 0 Å². The summed E-state index contributed by atoms with van der Waals surface area (Å²) >= 11 is 0. The van der Waals surface area contributed by atoms with Crippen LogP contribution in [0.5, 0.6) is 0 Å². The third-order valence-corrected chi connectivity index (χ3v) is 2.85. The van der Waals surface area contributed by atoms with Gasteiger partial charge < -0.3 is 9.84 Å².